The van der Waals surface area contributed by atoms with Crippen LogP contribution >= 0.6 is 11.3 Å². The lowest BCUT2D eigenvalue weighted by Gasteiger charge is -2.08. The molecule has 3 aromatic rings. The number of esters is 1. The normalized spacial score (nSPS) is 10.3. The number of nitrogens with one attached hydrogen (secondary N) is 2. The molecular weight excluding hydrogens is 446 g/mol. The predicted octanol–water partition coefficient (Wildman–Crippen LogP) is 3.29. The summed E-state index contributed by atoms with van der Waals surface area (Å²) in [6, 6.07) is 11.8. The number of methoxy groups -OCH3 is 3. The van der Waals surface area contributed by atoms with Gasteiger partial charge in [0.15, 0.2) is 11.5 Å². The monoisotopic (exact) mass is 469 g/mol. The smallest absolute Gasteiger partial charge is 0.325 e. The fraction of sp³-hybridized carbons (Fsp3) is 0.217. The average molecular weight is 470 g/mol. The molecule has 2 aromatic carbocycles. The van der Waals surface area contributed by atoms with Gasteiger partial charge in [0.2, 0.25) is 0 Å². The molecule has 0 atom stereocenters. The van der Waals surface area contributed by atoms with E-state index in [-0.39, 0.29) is 12.5 Å². The van der Waals surface area contributed by atoms with E-state index in [2.05, 4.69) is 20.4 Å². The minimum absolute atomic E-state index is 0.221. The van der Waals surface area contributed by atoms with Crippen molar-refractivity contribution in [1.29, 1.82) is 0 Å². The minimum atomic E-state index is -0.542. The number of hydrogen-bond donors (Lipinski definition) is 2. The molecule has 0 saturated heterocycles. The second kappa shape index (κ2) is 10.6. The molecule has 9 nitrogen and oxygen atoms in total. The lowest BCUT2D eigenvalue weighted by Crippen LogP contribution is -2.30. The van der Waals surface area contributed by atoms with Gasteiger partial charge in [-0.25, -0.2) is 4.98 Å². The van der Waals surface area contributed by atoms with Crippen molar-refractivity contribution in [2.75, 3.05) is 33.2 Å². The van der Waals surface area contributed by atoms with E-state index in [9.17, 15) is 14.4 Å². The molecule has 2 N–H and O–H groups in total. The molecule has 0 saturated carbocycles. The van der Waals surface area contributed by atoms with Gasteiger partial charge in [0, 0.05) is 16.8 Å². The SMILES string of the molecule is COC(=O)CNC(=O)c1ccc(NC(=O)c2sc(-c3ccc(OC)c(OC)c3)nc2C)cc1. The number of carbonyl (C=O) groups is 3. The van der Waals surface area contributed by atoms with Crippen LogP contribution in [0.2, 0.25) is 0 Å². The van der Waals surface area contributed by atoms with Crippen molar-refractivity contribution in [1.82, 2.24) is 10.3 Å². The number of rotatable bonds is 8. The summed E-state index contributed by atoms with van der Waals surface area (Å²) in [6.07, 6.45) is 0. The summed E-state index contributed by atoms with van der Waals surface area (Å²) in [5.41, 5.74) is 2.27. The van der Waals surface area contributed by atoms with E-state index in [4.69, 9.17) is 9.47 Å². The highest BCUT2D eigenvalue weighted by Gasteiger charge is 2.18. The Morgan fingerprint density at radius 1 is 0.939 bits per heavy atom. The molecule has 1 heterocycles. The molecule has 0 radical (unpaired) electrons. The Morgan fingerprint density at radius 3 is 2.27 bits per heavy atom. The standard InChI is InChI=1S/C23H23N3O6S/c1-13-20(33-23(25-13)15-7-10-17(30-2)18(11-15)31-3)22(29)26-16-8-5-14(6-9-16)21(28)24-12-19(27)32-4/h5-11H,12H2,1-4H3,(H,24,28)(H,26,29). The van der Waals surface area contributed by atoms with Crippen LogP contribution in [0, 0.1) is 6.92 Å². The van der Waals surface area contributed by atoms with Gasteiger partial charge >= 0.3 is 5.97 Å². The van der Waals surface area contributed by atoms with Crippen molar-refractivity contribution in [3.05, 3.63) is 58.6 Å². The third-order valence-corrected chi connectivity index (χ3v) is 5.86. The van der Waals surface area contributed by atoms with Gasteiger partial charge in [-0.15, -0.1) is 11.3 Å². The molecule has 0 spiro atoms. The van der Waals surface area contributed by atoms with E-state index in [1.54, 1.807) is 51.5 Å². The van der Waals surface area contributed by atoms with Gasteiger partial charge in [-0.05, 0) is 49.4 Å². The molecule has 3 rings (SSSR count). The van der Waals surface area contributed by atoms with Crippen molar-refractivity contribution >= 4 is 34.8 Å². The van der Waals surface area contributed by atoms with Crippen LogP contribution in [0.25, 0.3) is 10.6 Å². The summed E-state index contributed by atoms with van der Waals surface area (Å²) >= 11 is 1.26. The van der Waals surface area contributed by atoms with E-state index in [1.165, 1.54) is 18.4 Å². The largest absolute Gasteiger partial charge is 0.493 e. The second-order valence-corrected chi connectivity index (χ2v) is 7.79. The van der Waals surface area contributed by atoms with Crippen LogP contribution in [-0.4, -0.2) is 50.6 Å². The molecule has 33 heavy (non-hydrogen) atoms. The Morgan fingerprint density at radius 2 is 1.64 bits per heavy atom. The molecule has 1 aromatic heterocycles. The summed E-state index contributed by atoms with van der Waals surface area (Å²) in [5.74, 6) is -0.0881. The van der Waals surface area contributed by atoms with E-state index < -0.39 is 11.9 Å². The van der Waals surface area contributed by atoms with Crippen molar-refractivity contribution in [3.63, 3.8) is 0 Å². The highest BCUT2D eigenvalue weighted by molar-refractivity contribution is 7.17. The summed E-state index contributed by atoms with van der Waals surface area (Å²) in [4.78, 5) is 41.0. The topological polar surface area (TPSA) is 116 Å². The van der Waals surface area contributed by atoms with Crippen molar-refractivity contribution in [3.8, 4) is 22.1 Å². The summed E-state index contributed by atoms with van der Waals surface area (Å²) in [5, 5.41) is 5.94. The van der Waals surface area contributed by atoms with Crippen LogP contribution in [0.15, 0.2) is 42.5 Å². The highest BCUT2D eigenvalue weighted by atomic mass is 32.1. The zero-order chi connectivity index (χ0) is 24.0. The van der Waals surface area contributed by atoms with Gasteiger partial charge in [-0.3, -0.25) is 14.4 Å². The van der Waals surface area contributed by atoms with Crippen LogP contribution in [0.5, 0.6) is 11.5 Å². The van der Waals surface area contributed by atoms with Gasteiger partial charge in [-0.1, -0.05) is 0 Å². The molecule has 0 aliphatic carbocycles. The van der Waals surface area contributed by atoms with Crippen LogP contribution in [-0.2, 0) is 9.53 Å². The van der Waals surface area contributed by atoms with Crippen LogP contribution in [0.1, 0.15) is 25.7 Å². The van der Waals surface area contributed by atoms with Crippen LogP contribution < -0.4 is 20.1 Å². The van der Waals surface area contributed by atoms with Gasteiger partial charge in [0.05, 0.1) is 27.0 Å². The number of ether oxygens (including phenoxy) is 3. The van der Waals surface area contributed by atoms with E-state index in [1.807, 2.05) is 12.1 Å². The molecule has 172 valence electrons. The number of benzene rings is 2. The molecule has 0 aliphatic heterocycles. The molecule has 0 bridgehead atoms. The van der Waals surface area contributed by atoms with Crippen molar-refractivity contribution in [2.24, 2.45) is 0 Å². The Balaban J connectivity index is 1.70. The maximum absolute atomic E-state index is 12.8. The van der Waals surface area contributed by atoms with Crippen molar-refractivity contribution < 1.29 is 28.6 Å². The van der Waals surface area contributed by atoms with Gasteiger partial charge in [-0.2, -0.15) is 0 Å². The Kier molecular flexibility index (Phi) is 7.62. The summed E-state index contributed by atoms with van der Waals surface area (Å²) in [6.45, 7) is 1.55. The first-order chi connectivity index (χ1) is 15.9. The van der Waals surface area contributed by atoms with Gasteiger partial charge in [0.1, 0.15) is 16.4 Å². The minimum Gasteiger partial charge on any atom is -0.493 e. The number of carbonyl (C=O) groups excluding carboxylic acids is 3. The molecule has 0 fully saturated rings. The van der Waals surface area contributed by atoms with Crippen LogP contribution in [0.3, 0.4) is 0 Å². The first kappa shape index (κ1) is 23.7. The highest BCUT2D eigenvalue weighted by Crippen LogP contribution is 2.35. The van der Waals surface area contributed by atoms with E-state index in [0.717, 1.165) is 5.56 Å². The first-order valence-corrected chi connectivity index (χ1v) is 10.6. The summed E-state index contributed by atoms with van der Waals surface area (Å²) in [7, 11) is 4.37. The third kappa shape index (κ3) is 5.66. The number of thiazole rings is 1. The van der Waals surface area contributed by atoms with Gasteiger partial charge < -0.3 is 24.8 Å². The lowest BCUT2D eigenvalue weighted by atomic mass is 10.2. The molecular formula is C23H23N3O6S. The first-order valence-electron chi connectivity index (χ1n) is 9.82. The number of hydrogen-bond acceptors (Lipinski definition) is 8. The van der Waals surface area contributed by atoms with E-state index in [0.29, 0.717) is 38.3 Å². The summed E-state index contributed by atoms with van der Waals surface area (Å²) < 4.78 is 15.1. The van der Waals surface area contributed by atoms with Gasteiger partial charge in [0.25, 0.3) is 11.8 Å². The van der Waals surface area contributed by atoms with E-state index >= 15 is 0 Å². The Labute approximate surface area is 194 Å². The number of aryl methyl sites for hydroxylation is 1. The number of nitrogens with zero attached hydrogens (tertiary/aromatic N) is 1. The van der Waals surface area contributed by atoms with Crippen molar-refractivity contribution in [2.45, 2.75) is 6.92 Å². The molecule has 2 amide bonds. The zero-order valence-corrected chi connectivity index (χ0v) is 19.4. The zero-order valence-electron chi connectivity index (χ0n) is 18.6. The molecule has 0 aliphatic rings. The lowest BCUT2D eigenvalue weighted by molar-refractivity contribution is -0.139. The molecule has 0 unspecified atom stereocenters. The number of aromatic nitrogens is 1. The third-order valence-electron chi connectivity index (χ3n) is 4.66. The Bertz CT molecular complexity index is 1170. The maximum Gasteiger partial charge on any atom is 0.325 e. The predicted molar refractivity (Wildman–Crippen MR) is 124 cm³/mol. The average Bonchev–Trinajstić information content (AvgIpc) is 3.23. The fourth-order valence-electron chi connectivity index (χ4n) is 2.92. The second-order valence-electron chi connectivity index (χ2n) is 6.79. The quantitative estimate of drug-likeness (QED) is 0.486. The number of amides is 2. The van der Waals surface area contributed by atoms with Crippen LogP contribution in [0.4, 0.5) is 5.69 Å². The fourth-order valence-corrected chi connectivity index (χ4v) is 3.88. The maximum atomic E-state index is 12.8. The number of anilines is 1. The molecule has 10 heteroatoms. The Hall–Kier alpha value is -3.92.